The van der Waals surface area contributed by atoms with Crippen LogP contribution in [0.3, 0.4) is 0 Å². The predicted molar refractivity (Wildman–Crippen MR) is 53.0 cm³/mol. The lowest BCUT2D eigenvalue weighted by Gasteiger charge is -2.01. The fraction of sp³-hybridized carbons (Fsp3) is 0.500. The maximum atomic E-state index is 11.3. The van der Waals surface area contributed by atoms with Crippen LogP contribution in [0.4, 0.5) is 0 Å². The Bertz CT molecular complexity index is 498. The van der Waals surface area contributed by atoms with Crippen molar-refractivity contribution in [2.75, 3.05) is 11.5 Å². The summed E-state index contributed by atoms with van der Waals surface area (Å²) in [5, 5.41) is -0.543. The van der Waals surface area contributed by atoms with Crippen LogP contribution < -0.4 is 5.73 Å². The standard InChI is InChI=1S/C6H10N2O4S2/c1-2-13(9,10)4-5-3-8-6(7)14(5,11)12/h3H,2,4H2,1H3,(H2,7,8). The van der Waals surface area contributed by atoms with Gasteiger partial charge in [0, 0.05) is 12.0 Å². The van der Waals surface area contributed by atoms with E-state index < -0.39 is 30.6 Å². The Kier molecular flexibility index (Phi) is 2.68. The van der Waals surface area contributed by atoms with Gasteiger partial charge in [-0.05, 0) is 0 Å². The molecule has 0 aromatic heterocycles. The molecule has 0 saturated heterocycles. The minimum atomic E-state index is -3.80. The van der Waals surface area contributed by atoms with E-state index in [0.717, 1.165) is 6.20 Å². The van der Waals surface area contributed by atoms with Gasteiger partial charge in [0.2, 0.25) is 15.0 Å². The van der Waals surface area contributed by atoms with Gasteiger partial charge in [0.05, 0.1) is 10.7 Å². The smallest absolute Gasteiger partial charge is 0.238 e. The lowest BCUT2D eigenvalue weighted by Crippen LogP contribution is -2.25. The molecule has 1 heterocycles. The van der Waals surface area contributed by atoms with Crippen molar-refractivity contribution in [3.05, 3.63) is 11.1 Å². The molecule has 1 rings (SSSR count). The minimum Gasteiger partial charge on any atom is -0.374 e. The van der Waals surface area contributed by atoms with Gasteiger partial charge in [-0.1, -0.05) is 6.92 Å². The molecule has 0 radical (unpaired) electrons. The Balaban J connectivity index is 2.99. The van der Waals surface area contributed by atoms with E-state index in [9.17, 15) is 16.8 Å². The summed E-state index contributed by atoms with van der Waals surface area (Å²) in [4.78, 5) is 3.12. The highest BCUT2D eigenvalue weighted by atomic mass is 32.2. The molecule has 0 amide bonds. The first-order valence-corrected chi connectivity index (χ1v) is 7.08. The number of hydrogen-bond donors (Lipinski definition) is 1. The van der Waals surface area contributed by atoms with Crippen LogP contribution in [0.15, 0.2) is 16.1 Å². The van der Waals surface area contributed by atoms with E-state index in [2.05, 4.69) is 4.99 Å². The van der Waals surface area contributed by atoms with E-state index in [0.29, 0.717) is 0 Å². The summed E-state index contributed by atoms with van der Waals surface area (Å²) in [5.74, 6) is -0.643. The van der Waals surface area contributed by atoms with Crippen LogP contribution in [-0.2, 0) is 19.7 Å². The second-order valence-electron chi connectivity index (χ2n) is 2.74. The first-order chi connectivity index (χ1) is 6.29. The van der Waals surface area contributed by atoms with Crippen LogP contribution in [0.1, 0.15) is 6.92 Å². The third kappa shape index (κ3) is 1.95. The summed E-state index contributed by atoms with van der Waals surface area (Å²) < 4.78 is 44.9. The van der Waals surface area contributed by atoms with Crippen LogP contribution in [0.5, 0.6) is 0 Å². The third-order valence-electron chi connectivity index (χ3n) is 1.76. The van der Waals surface area contributed by atoms with Gasteiger partial charge in [-0.15, -0.1) is 0 Å². The van der Waals surface area contributed by atoms with Gasteiger partial charge in [0.15, 0.2) is 9.84 Å². The number of rotatable bonds is 3. The lowest BCUT2D eigenvalue weighted by molar-refractivity contribution is 0.596. The van der Waals surface area contributed by atoms with Gasteiger partial charge >= 0.3 is 0 Å². The molecular weight excluding hydrogens is 228 g/mol. The molecule has 6 nitrogen and oxygen atoms in total. The monoisotopic (exact) mass is 238 g/mol. The molecule has 80 valence electrons. The summed E-state index contributed by atoms with van der Waals surface area (Å²) in [6.45, 7) is 1.45. The molecule has 0 saturated carbocycles. The van der Waals surface area contributed by atoms with Crippen LogP contribution in [-0.4, -0.2) is 33.5 Å². The molecule has 0 aliphatic carbocycles. The molecule has 0 unspecified atom stereocenters. The van der Waals surface area contributed by atoms with Gasteiger partial charge < -0.3 is 5.73 Å². The number of nitrogens with zero attached hydrogens (tertiary/aromatic N) is 1. The van der Waals surface area contributed by atoms with Gasteiger partial charge in [-0.2, -0.15) is 0 Å². The highest BCUT2D eigenvalue weighted by Gasteiger charge is 2.30. The summed E-state index contributed by atoms with van der Waals surface area (Å²) in [6, 6.07) is 0. The van der Waals surface area contributed by atoms with Gasteiger partial charge in [0.1, 0.15) is 0 Å². The fourth-order valence-corrected chi connectivity index (χ4v) is 3.37. The highest BCUT2D eigenvalue weighted by molar-refractivity contribution is 8.10. The largest absolute Gasteiger partial charge is 0.374 e. The molecular formula is C6H10N2O4S2. The van der Waals surface area contributed by atoms with Crippen molar-refractivity contribution >= 4 is 24.8 Å². The van der Waals surface area contributed by atoms with E-state index >= 15 is 0 Å². The molecule has 1 aliphatic rings. The average Bonchev–Trinajstić information content (AvgIpc) is 2.32. The Labute approximate surface area is 82.4 Å². The van der Waals surface area contributed by atoms with E-state index in [4.69, 9.17) is 5.73 Å². The Morgan fingerprint density at radius 1 is 1.50 bits per heavy atom. The fourth-order valence-electron chi connectivity index (χ4n) is 0.842. The van der Waals surface area contributed by atoms with Crippen molar-refractivity contribution in [1.29, 1.82) is 0 Å². The number of sulfone groups is 2. The van der Waals surface area contributed by atoms with Crippen molar-refractivity contribution in [2.45, 2.75) is 6.92 Å². The van der Waals surface area contributed by atoms with Gasteiger partial charge in [-0.25, -0.2) is 21.8 Å². The molecule has 0 fully saturated rings. The molecule has 1 aliphatic heterocycles. The zero-order valence-electron chi connectivity index (χ0n) is 7.47. The van der Waals surface area contributed by atoms with Crippen LogP contribution in [0.25, 0.3) is 0 Å². The van der Waals surface area contributed by atoms with Gasteiger partial charge in [0.25, 0.3) is 0 Å². The van der Waals surface area contributed by atoms with E-state index in [1.807, 2.05) is 0 Å². The first-order valence-electron chi connectivity index (χ1n) is 3.77. The Morgan fingerprint density at radius 3 is 2.43 bits per heavy atom. The van der Waals surface area contributed by atoms with Crippen LogP contribution in [0.2, 0.25) is 0 Å². The first kappa shape index (κ1) is 11.2. The second kappa shape index (κ2) is 3.35. The topological polar surface area (TPSA) is 107 Å². The quantitative estimate of drug-likeness (QED) is 0.679. The maximum absolute atomic E-state index is 11.3. The normalized spacial score (nSPS) is 20.4. The Hall–Kier alpha value is -0.890. The van der Waals surface area contributed by atoms with Crippen LogP contribution >= 0.6 is 0 Å². The Morgan fingerprint density at radius 2 is 2.07 bits per heavy atom. The summed E-state index contributed by atoms with van der Waals surface area (Å²) in [7, 11) is -7.17. The zero-order valence-corrected chi connectivity index (χ0v) is 9.10. The van der Waals surface area contributed by atoms with E-state index in [1.54, 1.807) is 0 Å². The maximum Gasteiger partial charge on any atom is 0.238 e. The van der Waals surface area contributed by atoms with E-state index in [1.165, 1.54) is 6.92 Å². The summed E-state index contributed by atoms with van der Waals surface area (Å²) >= 11 is 0. The molecule has 14 heavy (non-hydrogen) atoms. The van der Waals surface area contributed by atoms with Crippen LogP contribution in [0, 0.1) is 0 Å². The summed E-state index contributed by atoms with van der Waals surface area (Å²) in [6.07, 6.45) is 0.984. The molecule has 8 heteroatoms. The molecule has 2 N–H and O–H groups in total. The third-order valence-corrected chi connectivity index (χ3v) is 5.17. The van der Waals surface area contributed by atoms with Crippen molar-refractivity contribution in [1.82, 2.24) is 0 Å². The van der Waals surface area contributed by atoms with Crippen molar-refractivity contribution < 1.29 is 16.8 Å². The molecule has 0 spiro atoms. The minimum absolute atomic E-state index is 0.111. The second-order valence-corrected chi connectivity index (χ2v) is 7.05. The molecule has 0 bridgehead atoms. The summed E-state index contributed by atoms with van der Waals surface area (Å²) in [5.41, 5.74) is 5.08. The zero-order chi connectivity index (χ0) is 11.0. The van der Waals surface area contributed by atoms with Crippen molar-refractivity contribution in [3.8, 4) is 0 Å². The van der Waals surface area contributed by atoms with Gasteiger partial charge in [-0.3, -0.25) is 0 Å². The number of aliphatic imine (C=N–C) groups is 1. The number of hydrogen-bond acceptors (Lipinski definition) is 6. The highest BCUT2D eigenvalue weighted by Crippen LogP contribution is 2.16. The predicted octanol–water partition coefficient (Wildman–Crippen LogP) is -0.994. The molecule has 0 aromatic carbocycles. The average molecular weight is 238 g/mol. The SMILES string of the molecule is CCS(=O)(=O)CC1=CN=C(N)S1(=O)=O. The number of nitrogens with two attached hydrogens (primary N) is 1. The van der Waals surface area contributed by atoms with Crippen molar-refractivity contribution in [2.24, 2.45) is 10.7 Å². The lowest BCUT2D eigenvalue weighted by atomic mass is 10.7. The molecule has 0 atom stereocenters. The van der Waals surface area contributed by atoms with E-state index in [-0.39, 0.29) is 10.7 Å². The number of amidine groups is 1. The van der Waals surface area contributed by atoms with Crippen molar-refractivity contribution in [3.63, 3.8) is 0 Å². The molecule has 0 aromatic rings.